The van der Waals surface area contributed by atoms with E-state index in [1.165, 1.54) is 11.1 Å². The van der Waals surface area contributed by atoms with Crippen molar-refractivity contribution in [1.29, 1.82) is 0 Å². The van der Waals surface area contributed by atoms with Gasteiger partial charge in [0.1, 0.15) is 0 Å². The summed E-state index contributed by atoms with van der Waals surface area (Å²) in [6.45, 7) is 6.38. The fourth-order valence-electron chi connectivity index (χ4n) is 8.14. The molecule has 2 aliphatic rings. The summed E-state index contributed by atoms with van der Waals surface area (Å²) in [6.07, 6.45) is 2.17. The van der Waals surface area contributed by atoms with Crippen molar-refractivity contribution < 1.29 is 42.1 Å². The molecule has 2 atom stereocenters. The van der Waals surface area contributed by atoms with Crippen LogP contribution in [0, 0.1) is 5.92 Å². The molecule has 258 valence electrons. The van der Waals surface area contributed by atoms with Crippen molar-refractivity contribution in [3.63, 3.8) is 0 Å². The maximum absolute atomic E-state index is 14.7. The predicted octanol–water partition coefficient (Wildman–Crippen LogP) is 11.2. The Labute approximate surface area is 307 Å². The molecule has 0 bridgehead atoms. The average Bonchev–Trinajstić information content (AvgIpc) is 3.40. The van der Waals surface area contributed by atoms with Crippen LogP contribution in [0.3, 0.4) is 0 Å². The van der Waals surface area contributed by atoms with E-state index in [4.69, 9.17) is 9.96 Å². The summed E-state index contributed by atoms with van der Waals surface area (Å²) in [5.74, 6) is -1.89. The number of hydrogen-bond acceptors (Lipinski definition) is 6. The molecule has 8 rings (SSSR count). The minimum atomic E-state index is -5.51. The van der Waals surface area contributed by atoms with Gasteiger partial charge in [-0.1, -0.05) is 0 Å². The van der Waals surface area contributed by atoms with E-state index in [0.29, 0.717) is 39.3 Å². The van der Waals surface area contributed by atoms with Crippen LogP contribution < -0.4 is 0 Å². The molecule has 6 aromatic rings. The van der Waals surface area contributed by atoms with Crippen LogP contribution in [-0.4, -0.2) is 17.9 Å². The third kappa shape index (κ3) is 5.86. The number of carbonyl (C=O) groups is 3. The van der Waals surface area contributed by atoms with Gasteiger partial charge >= 0.3 is 309 Å². The maximum atomic E-state index is 14.7. The van der Waals surface area contributed by atoms with Gasteiger partial charge in [-0.3, -0.25) is 0 Å². The van der Waals surface area contributed by atoms with Gasteiger partial charge in [0.2, 0.25) is 0 Å². The van der Waals surface area contributed by atoms with E-state index < -0.39 is 39.9 Å². The van der Waals surface area contributed by atoms with Gasteiger partial charge in [-0.15, -0.1) is 0 Å². The quantitative estimate of drug-likeness (QED) is 0.153. The molecule has 0 fully saturated rings. The van der Waals surface area contributed by atoms with Gasteiger partial charge in [0, 0.05) is 0 Å². The summed E-state index contributed by atoms with van der Waals surface area (Å²) >= 11 is -5.51. The first-order valence-electron chi connectivity index (χ1n) is 17.8. The van der Waals surface area contributed by atoms with Crippen LogP contribution in [0.1, 0.15) is 71.1 Å². The Morgan fingerprint density at radius 1 is 0.558 bits per heavy atom. The normalized spacial score (nSPS) is 17.4. The zero-order valence-electron chi connectivity index (χ0n) is 29.3. The SMILES string of the molecule is CC1=C(C)C(C)C2=C1[CH]([Ti]([O]C(=O)c1cccc3ccccc13)([O]C(=O)c1cccc3ccccc13)[O]C(=O)c1cccc3ccccc13)CCC2. The molecule has 0 heterocycles. The average molecular weight is 723 g/mol. The molecule has 6 nitrogen and oxygen atoms in total. The van der Waals surface area contributed by atoms with Gasteiger partial charge in [0.05, 0.1) is 0 Å². The Hall–Kier alpha value is -5.30. The van der Waals surface area contributed by atoms with E-state index in [-0.39, 0.29) is 5.92 Å². The molecule has 0 aliphatic heterocycles. The molecule has 6 aromatic carbocycles. The van der Waals surface area contributed by atoms with Crippen molar-refractivity contribution >= 4 is 50.2 Å². The Bertz CT molecular complexity index is 2250. The Morgan fingerprint density at radius 2 is 0.942 bits per heavy atom. The minimum absolute atomic E-state index is 0.175. The van der Waals surface area contributed by atoms with Crippen molar-refractivity contribution in [1.82, 2.24) is 0 Å². The number of rotatable bonds is 7. The second kappa shape index (κ2) is 13.7. The van der Waals surface area contributed by atoms with E-state index in [1.54, 1.807) is 36.4 Å². The van der Waals surface area contributed by atoms with Crippen LogP contribution in [0.2, 0.25) is 4.22 Å². The van der Waals surface area contributed by atoms with E-state index in [9.17, 15) is 14.4 Å². The van der Waals surface area contributed by atoms with Crippen molar-refractivity contribution in [3.05, 3.63) is 166 Å². The van der Waals surface area contributed by atoms with Crippen LogP contribution in [0.4, 0.5) is 0 Å². The van der Waals surface area contributed by atoms with Gasteiger partial charge in [-0.2, -0.15) is 0 Å². The van der Waals surface area contributed by atoms with E-state index in [1.807, 2.05) is 91.0 Å². The number of hydrogen-bond donors (Lipinski definition) is 0. The monoisotopic (exact) mass is 722 g/mol. The third-order valence-electron chi connectivity index (χ3n) is 11.0. The Balaban J connectivity index is 1.34. The summed E-state index contributed by atoms with van der Waals surface area (Å²) in [6, 6.07) is 39.0. The molecular weight excluding hydrogens is 684 g/mol. The molecular formula is C45H38O6Ti. The van der Waals surface area contributed by atoms with Crippen molar-refractivity contribution in [2.24, 2.45) is 5.92 Å². The first-order valence-corrected chi connectivity index (χ1v) is 20.6. The summed E-state index contributed by atoms with van der Waals surface area (Å²) in [4.78, 5) is 44.1. The predicted molar refractivity (Wildman–Crippen MR) is 200 cm³/mol. The van der Waals surface area contributed by atoms with Gasteiger partial charge in [0.25, 0.3) is 0 Å². The molecule has 0 spiro atoms. The second-order valence-electron chi connectivity index (χ2n) is 13.8. The van der Waals surface area contributed by atoms with E-state index in [0.717, 1.165) is 40.1 Å². The molecule has 7 heteroatoms. The van der Waals surface area contributed by atoms with Crippen molar-refractivity contribution in [2.75, 3.05) is 0 Å². The zero-order chi connectivity index (χ0) is 36.0. The molecule has 0 aromatic heterocycles. The zero-order valence-corrected chi connectivity index (χ0v) is 30.9. The number of allylic oxidation sites excluding steroid dienone is 4. The number of carbonyl (C=O) groups excluding carboxylic acids is 3. The molecule has 0 radical (unpaired) electrons. The van der Waals surface area contributed by atoms with E-state index >= 15 is 0 Å². The first-order chi connectivity index (χ1) is 25.3. The number of benzene rings is 6. The van der Waals surface area contributed by atoms with Crippen molar-refractivity contribution in [3.8, 4) is 0 Å². The molecule has 2 unspecified atom stereocenters. The fraction of sp³-hybridized carbons (Fsp3) is 0.178. The Morgan fingerprint density at radius 3 is 1.37 bits per heavy atom. The van der Waals surface area contributed by atoms with E-state index in [2.05, 4.69) is 20.8 Å². The summed E-state index contributed by atoms with van der Waals surface area (Å²) in [5.41, 5.74) is 5.44. The fourth-order valence-corrected chi connectivity index (χ4v) is 12.8. The van der Waals surface area contributed by atoms with Crippen LogP contribution in [-0.2, 0) is 27.7 Å². The van der Waals surface area contributed by atoms with Gasteiger partial charge < -0.3 is 0 Å². The van der Waals surface area contributed by atoms with Crippen LogP contribution in [0.15, 0.2) is 150 Å². The first kappa shape index (κ1) is 33.8. The van der Waals surface area contributed by atoms with Gasteiger partial charge in [0.15, 0.2) is 0 Å². The standard InChI is InChI=1S/C12H17.3C11H8O2.Ti/c1-8-9(2)11-6-4-5-7-12(11)10(8)3;3*12-11(13)10-7-3-5-8-4-1-2-6-9(8)10;/h6,10H,4-5,7H2,1-3H3;3*1-7H,(H,12,13);/q;;;;+3/p-3. The molecule has 0 N–H and O–H groups in total. The molecule has 2 aliphatic carbocycles. The van der Waals surface area contributed by atoms with Crippen LogP contribution in [0.5, 0.6) is 0 Å². The van der Waals surface area contributed by atoms with Crippen LogP contribution in [0.25, 0.3) is 32.3 Å². The summed E-state index contributed by atoms with van der Waals surface area (Å²) in [5, 5.41) is 4.65. The molecule has 0 saturated heterocycles. The second-order valence-corrected chi connectivity index (χ2v) is 17.7. The topological polar surface area (TPSA) is 78.9 Å². The van der Waals surface area contributed by atoms with Gasteiger partial charge in [-0.05, 0) is 0 Å². The Kier molecular flexibility index (Phi) is 8.90. The third-order valence-corrected chi connectivity index (χ3v) is 15.4. The molecule has 0 saturated carbocycles. The van der Waals surface area contributed by atoms with Gasteiger partial charge in [-0.25, -0.2) is 0 Å². The van der Waals surface area contributed by atoms with Crippen molar-refractivity contribution in [2.45, 2.75) is 44.3 Å². The summed E-state index contributed by atoms with van der Waals surface area (Å²) < 4.78 is 19.5. The summed E-state index contributed by atoms with van der Waals surface area (Å²) in [7, 11) is 0. The molecule has 52 heavy (non-hydrogen) atoms. The number of fused-ring (bicyclic) bond motifs is 3. The molecule has 0 amide bonds. The van der Waals surface area contributed by atoms with Crippen LogP contribution >= 0.6 is 0 Å².